The summed E-state index contributed by atoms with van der Waals surface area (Å²) in [5.41, 5.74) is 7.33. The van der Waals surface area contributed by atoms with E-state index >= 15 is 0 Å². The molecular formula is C36H42O. The highest BCUT2D eigenvalue weighted by atomic mass is 16.5. The second-order valence-corrected chi connectivity index (χ2v) is 10.2. The highest BCUT2D eigenvalue weighted by molar-refractivity contribution is 5.75. The average Bonchev–Trinajstić information content (AvgIpc) is 2.97. The van der Waals surface area contributed by atoms with Gasteiger partial charge in [-0.2, -0.15) is 0 Å². The molecule has 0 aliphatic heterocycles. The Morgan fingerprint density at radius 1 is 0.486 bits per heavy atom. The molecule has 1 nitrogen and oxygen atoms in total. The van der Waals surface area contributed by atoms with E-state index in [-0.39, 0.29) is 0 Å². The zero-order valence-corrected chi connectivity index (χ0v) is 22.7. The molecule has 0 saturated heterocycles. The summed E-state index contributed by atoms with van der Waals surface area (Å²) in [6.45, 7) is 5.38. The molecule has 0 spiro atoms. The first-order chi connectivity index (χ1) is 18.3. The van der Waals surface area contributed by atoms with Gasteiger partial charge in [0.05, 0.1) is 6.61 Å². The van der Waals surface area contributed by atoms with Crippen molar-refractivity contribution in [2.75, 3.05) is 6.61 Å². The van der Waals surface area contributed by atoms with Gasteiger partial charge in [-0.05, 0) is 52.6 Å². The summed E-state index contributed by atoms with van der Waals surface area (Å²) in [5.74, 6) is 1.64. The number of rotatable bonds is 14. The third-order valence-electron chi connectivity index (χ3n) is 7.31. The molecule has 0 aromatic heterocycles. The fourth-order valence-electron chi connectivity index (χ4n) is 5.03. The van der Waals surface area contributed by atoms with Gasteiger partial charge in [-0.1, -0.05) is 149 Å². The molecule has 1 atom stereocenters. The second-order valence-electron chi connectivity index (χ2n) is 10.2. The molecule has 0 aliphatic rings. The fraction of sp³-hybridized carbons (Fsp3) is 0.333. The number of benzene rings is 4. The quantitative estimate of drug-likeness (QED) is 0.160. The lowest BCUT2D eigenvalue weighted by Gasteiger charge is -2.19. The van der Waals surface area contributed by atoms with E-state index in [1.165, 1.54) is 84.7 Å². The lowest BCUT2D eigenvalue weighted by molar-refractivity contribution is 0.226. The molecule has 0 heterocycles. The fourth-order valence-corrected chi connectivity index (χ4v) is 5.03. The molecule has 1 heteroatoms. The van der Waals surface area contributed by atoms with Crippen LogP contribution in [0.25, 0.3) is 33.4 Å². The molecule has 37 heavy (non-hydrogen) atoms. The van der Waals surface area contributed by atoms with E-state index in [2.05, 4.69) is 117 Å². The van der Waals surface area contributed by atoms with Crippen LogP contribution in [0.2, 0.25) is 0 Å². The predicted octanol–water partition coefficient (Wildman–Crippen LogP) is 10.8. The molecule has 1 unspecified atom stereocenters. The van der Waals surface area contributed by atoms with Crippen molar-refractivity contribution in [3.8, 4) is 39.1 Å². The Labute approximate surface area is 224 Å². The van der Waals surface area contributed by atoms with Crippen molar-refractivity contribution >= 4 is 0 Å². The van der Waals surface area contributed by atoms with Gasteiger partial charge in [-0.15, -0.1) is 0 Å². The van der Waals surface area contributed by atoms with E-state index < -0.39 is 0 Å². The zero-order valence-electron chi connectivity index (χ0n) is 22.7. The normalized spacial score (nSPS) is 11.8. The smallest absolute Gasteiger partial charge is 0.127 e. The number of ether oxygens (including phenoxy) is 1. The predicted molar refractivity (Wildman–Crippen MR) is 160 cm³/mol. The highest BCUT2D eigenvalue weighted by Crippen LogP contribution is 2.33. The molecule has 0 amide bonds. The summed E-state index contributed by atoms with van der Waals surface area (Å²) in [7, 11) is 0. The van der Waals surface area contributed by atoms with Crippen molar-refractivity contribution in [1.29, 1.82) is 0 Å². The maximum atomic E-state index is 6.48. The Bertz CT molecular complexity index is 1180. The molecular weight excluding hydrogens is 448 g/mol. The lowest BCUT2D eigenvalue weighted by atomic mass is 9.96. The largest absolute Gasteiger partial charge is 0.493 e. The van der Waals surface area contributed by atoms with Crippen LogP contribution >= 0.6 is 0 Å². The van der Waals surface area contributed by atoms with Crippen molar-refractivity contribution in [2.24, 2.45) is 5.92 Å². The van der Waals surface area contributed by atoms with Crippen molar-refractivity contribution < 1.29 is 4.74 Å². The first-order valence-corrected chi connectivity index (χ1v) is 14.3. The van der Waals surface area contributed by atoms with Gasteiger partial charge >= 0.3 is 0 Å². The summed E-state index contributed by atoms with van der Waals surface area (Å²) >= 11 is 0. The lowest BCUT2D eigenvalue weighted by Crippen LogP contribution is -2.13. The van der Waals surface area contributed by atoms with Crippen LogP contribution in [-0.4, -0.2) is 6.61 Å². The summed E-state index contributed by atoms with van der Waals surface area (Å²) < 4.78 is 6.48. The first-order valence-electron chi connectivity index (χ1n) is 14.3. The Hall–Kier alpha value is -3.32. The van der Waals surface area contributed by atoms with E-state index in [1.807, 2.05) is 0 Å². The Balaban J connectivity index is 1.43. The van der Waals surface area contributed by atoms with Gasteiger partial charge < -0.3 is 4.74 Å². The summed E-state index contributed by atoms with van der Waals surface area (Å²) in [6.07, 6.45) is 10.4. The molecule has 4 aromatic rings. The molecule has 0 bridgehead atoms. The topological polar surface area (TPSA) is 9.23 Å². The van der Waals surface area contributed by atoms with E-state index in [0.717, 1.165) is 12.4 Å². The van der Waals surface area contributed by atoms with Gasteiger partial charge in [0.15, 0.2) is 0 Å². The van der Waals surface area contributed by atoms with Crippen LogP contribution in [0.1, 0.15) is 65.2 Å². The Morgan fingerprint density at radius 3 is 1.62 bits per heavy atom. The van der Waals surface area contributed by atoms with E-state index in [9.17, 15) is 0 Å². The van der Waals surface area contributed by atoms with Crippen LogP contribution in [0.15, 0.2) is 103 Å². The van der Waals surface area contributed by atoms with E-state index in [0.29, 0.717) is 5.92 Å². The molecule has 0 aliphatic carbocycles. The standard InChI is InChI=1S/C36H42O/c1-3-5-7-9-15-29(14-6-4-2)28-37-36-19-13-12-18-35(36)34-26-24-33(25-27-34)32-22-20-31(21-23-32)30-16-10-8-11-17-30/h8,10-13,16-27,29H,3-7,9,14-15,28H2,1-2H3. The summed E-state index contributed by atoms with van der Waals surface area (Å²) in [5, 5.41) is 0. The summed E-state index contributed by atoms with van der Waals surface area (Å²) in [6, 6.07) is 36.8. The molecule has 0 saturated carbocycles. The molecule has 0 fully saturated rings. The number of para-hydroxylation sites is 1. The molecule has 0 N–H and O–H groups in total. The van der Waals surface area contributed by atoms with Crippen LogP contribution in [0.5, 0.6) is 5.75 Å². The van der Waals surface area contributed by atoms with Crippen molar-refractivity contribution in [3.63, 3.8) is 0 Å². The van der Waals surface area contributed by atoms with Crippen molar-refractivity contribution in [3.05, 3.63) is 103 Å². The van der Waals surface area contributed by atoms with Crippen LogP contribution in [-0.2, 0) is 0 Å². The van der Waals surface area contributed by atoms with Gasteiger partial charge in [0.2, 0.25) is 0 Å². The number of hydrogen-bond acceptors (Lipinski definition) is 1. The number of hydrogen-bond donors (Lipinski definition) is 0. The third-order valence-corrected chi connectivity index (χ3v) is 7.31. The molecule has 192 valence electrons. The SMILES string of the molecule is CCCCCCC(CCCC)COc1ccccc1-c1ccc(-c2ccc(-c3ccccc3)cc2)cc1. The zero-order chi connectivity index (χ0) is 25.7. The minimum atomic E-state index is 0.645. The average molecular weight is 491 g/mol. The maximum absolute atomic E-state index is 6.48. The molecule has 4 rings (SSSR count). The molecule has 4 aromatic carbocycles. The van der Waals surface area contributed by atoms with E-state index in [4.69, 9.17) is 4.74 Å². The van der Waals surface area contributed by atoms with Crippen LogP contribution in [0.3, 0.4) is 0 Å². The van der Waals surface area contributed by atoms with Gasteiger partial charge in [-0.25, -0.2) is 0 Å². The maximum Gasteiger partial charge on any atom is 0.127 e. The van der Waals surface area contributed by atoms with Gasteiger partial charge in [0.1, 0.15) is 5.75 Å². The monoisotopic (exact) mass is 490 g/mol. The summed E-state index contributed by atoms with van der Waals surface area (Å²) in [4.78, 5) is 0. The number of unbranched alkanes of at least 4 members (excludes halogenated alkanes) is 4. The van der Waals surface area contributed by atoms with Gasteiger partial charge in [-0.3, -0.25) is 0 Å². The van der Waals surface area contributed by atoms with Crippen LogP contribution in [0.4, 0.5) is 0 Å². The minimum Gasteiger partial charge on any atom is -0.493 e. The third kappa shape index (κ3) is 7.83. The van der Waals surface area contributed by atoms with Crippen molar-refractivity contribution in [2.45, 2.75) is 65.2 Å². The van der Waals surface area contributed by atoms with Crippen LogP contribution < -0.4 is 4.74 Å². The Kier molecular flexibility index (Phi) is 10.4. The Morgan fingerprint density at radius 2 is 1.00 bits per heavy atom. The minimum absolute atomic E-state index is 0.645. The van der Waals surface area contributed by atoms with Crippen LogP contribution in [0, 0.1) is 5.92 Å². The second kappa shape index (κ2) is 14.4. The van der Waals surface area contributed by atoms with Crippen molar-refractivity contribution in [1.82, 2.24) is 0 Å². The first kappa shape index (κ1) is 26.7. The van der Waals surface area contributed by atoms with E-state index in [1.54, 1.807) is 0 Å². The highest BCUT2D eigenvalue weighted by Gasteiger charge is 2.12. The van der Waals surface area contributed by atoms with Gasteiger partial charge in [0, 0.05) is 5.56 Å². The molecule has 0 radical (unpaired) electrons. The van der Waals surface area contributed by atoms with Gasteiger partial charge in [0.25, 0.3) is 0 Å².